The summed E-state index contributed by atoms with van der Waals surface area (Å²) in [6.45, 7) is 2.31. The third kappa shape index (κ3) is 2.42. The van der Waals surface area contributed by atoms with Crippen molar-refractivity contribution in [1.82, 2.24) is 5.32 Å². The number of rotatable bonds is 3. The molecule has 0 aromatic rings. The average molecular weight is 207 g/mol. The highest BCUT2D eigenvalue weighted by atomic mass is 32.2. The second-order valence-corrected chi connectivity index (χ2v) is 6.32. The average Bonchev–Trinajstić information content (AvgIpc) is 2.18. The quantitative estimate of drug-likeness (QED) is 0.657. The molecule has 4 nitrogen and oxygen atoms in total. The highest BCUT2D eigenvalue weighted by Gasteiger charge is 2.45. The topological polar surface area (TPSA) is 66.4 Å². The lowest BCUT2D eigenvalue weighted by atomic mass is 9.97. The molecule has 0 aliphatic carbocycles. The van der Waals surface area contributed by atoms with Crippen molar-refractivity contribution in [1.29, 1.82) is 0 Å². The minimum Gasteiger partial charge on any atom is -0.389 e. The number of nitrogens with one attached hydrogen (secondary N) is 1. The molecular formula is C8H17NO3S. The number of sulfone groups is 1. The molecule has 1 aliphatic heterocycles. The van der Waals surface area contributed by atoms with Gasteiger partial charge in [0.1, 0.15) is 0 Å². The van der Waals surface area contributed by atoms with Crippen molar-refractivity contribution in [3.05, 3.63) is 0 Å². The highest BCUT2D eigenvalue weighted by Crippen LogP contribution is 2.31. The molecule has 0 aromatic heterocycles. The van der Waals surface area contributed by atoms with E-state index in [1.807, 2.05) is 0 Å². The van der Waals surface area contributed by atoms with E-state index in [9.17, 15) is 13.5 Å². The van der Waals surface area contributed by atoms with Crippen LogP contribution < -0.4 is 5.32 Å². The molecule has 1 aliphatic rings. The van der Waals surface area contributed by atoms with Gasteiger partial charge in [0.05, 0.1) is 16.6 Å². The van der Waals surface area contributed by atoms with E-state index in [0.29, 0.717) is 19.4 Å². The summed E-state index contributed by atoms with van der Waals surface area (Å²) in [6.07, 6.45) is 0.879. The van der Waals surface area contributed by atoms with E-state index in [2.05, 4.69) is 5.32 Å². The fraction of sp³-hybridized carbons (Fsp3) is 1.00. The van der Waals surface area contributed by atoms with Gasteiger partial charge in [0.2, 0.25) is 0 Å². The van der Waals surface area contributed by atoms with Crippen LogP contribution in [0.1, 0.15) is 19.8 Å². The van der Waals surface area contributed by atoms with Gasteiger partial charge < -0.3 is 10.4 Å². The molecule has 0 aromatic carbocycles. The summed E-state index contributed by atoms with van der Waals surface area (Å²) in [7, 11) is -1.25. The third-order valence-electron chi connectivity index (χ3n) is 2.59. The Balaban J connectivity index is 2.65. The molecule has 0 bridgehead atoms. The summed E-state index contributed by atoms with van der Waals surface area (Å²) in [5.74, 6) is -0.0805. The summed E-state index contributed by atoms with van der Waals surface area (Å²) >= 11 is 0. The van der Waals surface area contributed by atoms with Crippen molar-refractivity contribution in [2.24, 2.45) is 0 Å². The second kappa shape index (κ2) is 3.55. The van der Waals surface area contributed by atoms with Crippen molar-refractivity contribution >= 4 is 9.84 Å². The van der Waals surface area contributed by atoms with Gasteiger partial charge in [-0.25, -0.2) is 8.42 Å². The van der Waals surface area contributed by atoms with Crippen LogP contribution in [0.15, 0.2) is 0 Å². The van der Waals surface area contributed by atoms with Crippen LogP contribution in [0.5, 0.6) is 0 Å². The van der Waals surface area contributed by atoms with E-state index in [-0.39, 0.29) is 5.75 Å². The van der Waals surface area contributed by atoms with E-state index < -0.39 is 20.7 Å². The monoisotopic (exact) mass is 207 g/mol. The Kier molecular flexibility index (Phi) is 2.99. The molecule has 0 saturated carbocycles. The Morgan fingerprint density at radius 2 is 2.23 bits per heavy atom. The number of hydrogen-bond acceptors (Lipinski definition) is 4. The first-order valence-electron chi connectivity index (χ1n) is 4.48. The second-order valence-electron chi connectivity index (χ2n) is 3.90. The van der Waals surface area contributed by atoms with Crippen LogP contribution in [-0.2, 0) is 9.84 Å². The normalized spacial score (nSPS) is 37.9. The molecular weight excluding hydrogens is 190 g/mol. The maximum atomic E-state index is 11.4. The summed E-state index contributed by atoms with van der Waals surface area (Å²) in [5, 5.41) is 12.4. The van der Waals surface area contributed by atoms with Crippen LogP contribution in [0.4, 0.5) is 0 Å². The molecule has 2 atom stereocenters. The molecule has 0 radical (unpaired) electrons. The van der Waals surface area contributed by atoms with Crippen molar-refractivity contribution < 1.29 is 13.5 Å². The molecule has 13 heavy (non-hydrogen) atoms. The van der Waals surface area contributed by atoms with Gasteiger partial charge in [0.15, 0.2) is 9.84 Å². The largest absolute Gasteiger partial charge is 0.389 e. The Morgan fingerprint density at radius 1 is 1.62 bits per heavy atom. The van der Waals surface area contributed by atoms with Gasteiger partial charge in [-0.15, -0.1) is 0 Å². The lowest BCUT2D eigenvalue weighted by Crippen LogP contribution is -2.33. The first kappa shape index (κ1) is 10.9. The zero-order valence-electron chi connectivity index (χ0n) is 8.08. The van der Waals surface area contributed by atoms with E-state index in [1.54, 1.807) is 14.0 Å². The molecule has 0 spiro atoms. The Bertz CT molecular complexity index is 275. The lowest BCUT2D eigenvalue weighted by Gasteiger charge is -2.20. The lowest BCUT2D eigenvalue weighted by molar-refractivity contribution is 0.0552. The Labute approximate surface area is 79.3 Å². The van der Waals surface area contributed by atoms with Crippen LogP contribution in [0.2, 0.25) is 0 Å². The zero-order chi connectivity index (χ0) is 10.1. The smallest absolute Gasteiger partial charge is 0.155 e. The molecule has 78 valence electrons. The predicted octanol–water partition coefficient (Wildman–Crippen LogP) is -0.466. The first-order valence-corrected chi connectivity index (χ1v) is 6.20. The molecule has 1 heterocycles. The molecule has 5 heteroatoms. The summed E-state index contributed by atoms with van der Waals surface area (Å²) in [4.78, 5) is 0. The van der Waals surface area contributed by atoms with Crippen LogP contribution in [0, 0.1) is 0 Å². The minimum atomic E-state index is -3.04. The van der Waals surface area contributed by atoms with Gasteiger partial charge in [-0.05, 0) is 33.4 Å². The van der Waals surface area contributed by atoms with Gasteiger partial charge in [0.25, 0.3) is 0 Å². The van der Waals surface area contributed by atoms with Crippen molar-refractivity contribution in [3.63, 3.8) is 0 Å². The molecule has 1 rings (SSSR count). The molecule has 2 unspecified atom stereocenters. The highest BCUT2D eigenvalue weighted by molar-refractivity contribution is 7.92. The fourth-order valence-electron chi connectivity index (χ4n) is 1.77. The van der Waals surface area contributed by atoms with Gasteiger partial charge in [-0.1, -0.05) is 0 Å². The third-order valence-corrected chi connectivity index (χ3v) is 4.92. The molecule has 1 fully saturated rings. The fourth-order valence-corrected chi connectivity index (χ4v) is 3.63. The maximum absolute atomic E-state index is 11.4. The number of aliphatic hydroxyl groups is 1. The van der Waals surface area contributed by atoms with Gasteiger partial charge >= 0.3 is 0 Å². The van der Waals surface area contributed by atoms with Crippen molar-refractivity contribution in [3.8, 4) is 0 Å². The predicted molar refractivity (Wildman–Crippen MR) is 51.4 cm³/mol. The summed E-state index contributed by atoms with van der Waals surface area (Å²) < 4.78 is 22.7. The maximum Gasteiger partial charge on any atom is 0.155 e. The SMILES string of the molecule is CNCCC1(O)CC(C)S(=O)(=O)C1. The van der Waals surface area contributed by atoms with E-state index in [4.69, 9.17) is 0 Å². The first-order chi connectivity index (χ1) is 5.90. The number of hydrogen-bond donors (Lipinski definition) is 2. The Hall–Kier alpha value is -0.130. The zero-order valence-corrected chi connectivity index (χ0v) is 8.89. The summed E-state index contributed by atoms with van der Waals surface area (Å²) in [5.41, 5.74) is -0.999. The molecule has 1 saturated heterocycles. The van der Waals surface area contributed by atoms with Gasteiger partial charge in [-0.2, -0.15) is 0 Å². The minimum absolute atomic E-state index is 0.0805. The van der Waals surface area contributed by atoms with Crippen LogP contribution in [0.25, 0.3) is 0 Å². The van der Waals surface area contributed by atoms with E-state index >= 15 is 0 Å². The van der Waals surface area contributed by atoms with Crippen LogP contribution >= 0.6 is 0 Å². The van der Waals surface area contributed by atoms with E-state index in [0.717, 1.165) is 0 Å². The van der Waals surface area contributed by atoms with Crippen molar-refractivity contribution in [2.45, 2.75) is 30.6 Å². The van der Waals surface area contributed by atoms with Crippen LogP contribution in [-0.4, -0.2) is 43.7 Å². The summed E-state index contributed by atoms with van der Waals surface area (Å²) in [6, 6.07) is 0. The standard InChI is InChI=1S/C8H17NO3S/c1-7-5-8(10,3-4-9-2)6-13(7,11)12/h7,9-10H,3-6H2,1-2H3. The molecule has 0 amide bonds. The van der Waals surface area contributed by atoms with Gasteiger partial charge in [-0.3, -0.25) is 0 Å². The van der Waals surface area contributed by atoms with Crippen molar-refractivity contribution in [2.75, 3.05) is 19.3 Å². The Morgan fingerprint density at radius 3 is 2.62 bits per heavy atom. The van der Waals surface area contributed by atoms with Gasteiger partial charge in [0, 0.05) is 0 Å². The molecule has 2 N–H and O–H groups in total. The van der Waals surface area contributed by atoms with Crippen LogP contribution in [0.3, 0.4) is 0 Å². The van der Waals surface area contributed by atoms with E-state index in [1.165, 1.54) is 0 Å².